The first kappa shape index (κ1) is 14.0. The molecule has 0 saturated heterocycles. The van der Waals surface area contributed by atoms with Crippen molar-refractivity contribution in [3.8, 4) is 5.88 Å². The zero-order chi connectivity index (χ0) is 12.3. The van der Waals surface area contributed by atoms with Gasteiger partial charge in [-0.15, -0.1) is 13.2 Å². The third-order valence-electron chi connectivity index (χ3n) is 1.62. The van der Waals surface area contributed by atoms with Crippen LogP contribution in [0.5, 0.6) is 5.88 Å². The Morgan fingerprint density at radius 3 is 2.56 bits per heavy atom. The molecule has 0 saturated carbocycles. The predicted octanol–water partition coefficient (Wildman–Crippen LogP) is 2.97. The molecule has 90 valence electrons. The van der Waals surface area contributed by atoms with E-state index in [0.717, 1.165) is 0 Å². The monoisotopic (exact) mass is 411 g/mol. The number of rotatable bonds is 3. The molecule has 0 aliphatic rings. The predicted molar refractivity (Wildman–Crippen MR) is 62.2 cm³/mol. The molecule has 1 aromatic rings. The van der Waals surface area contributed by atoms with Gasteiger partial charge in [0.15, 0.2) is 0 Å². The highest BCUT2D eigenvalue weighted by Crippen LogP contribution is 2.28. The highest BCUT2D eigenvalue weighted by molar-refractivity contribution is 14.1. The van der Waals surface area contributed by atoms with Crippen LogP contribution < -0.4 is 4.74 Å². The van der Waals surface area contributed by atoms with E-state index in [9.17, 15) is 13.2 Å². The van der Waals surface area contributed by atoms with Gasteiger partial charge < -0.3 is 9.84 Å². The lowest BCUT2D eigenvalue weighted by Gasteiger charge is -2.12. The summed E-state index contributed by atoms with van der Waals surface area (Å²) in [6.07, 6.45) is -4.78. The van der Waals surface area contributed by atoms with Crippen LogP contribution >= 0.6 is 38.5 Å². The van der Waals surface area contributed by atoms with E-state index in [0.29, 0.717) is 10.9 Å². The van der Waals surface area contributed by atoms with Crippen LogP contribution in [0.2, 0.25) is 0 Å². The molecule has 0 spiro atoms. The zero-order valence-corrected chi connectivity index (χ0v) is 11.4. The van der Waals surface area contributed by atoms with Crippen molar-refractivity contribution in [3.05, 3.63) is 20.9 Å². The molecule has 1 N–H and O–H groups in total. The van der Waals surface area contributed by atoms with Gasteiger partial charge in [-0.1, -0.05) is 15.9 Å². The summed E-state index contributed by atoms with van der Waals surface area (Å²) in [5.41, 5.74) is 0.790. The number of hydrogen-bond acceptors (Lipinski definition) is 3. The molecule has 0 atom stereocenters. The van der Waals surface area contributed by atoms with Crippen molar-refractivity contribution in [2.24, 2.45) is 0 Å². The summed E-state index contributed by atoms with van der Waals surface area (Å²) in [5, 5.41) is 9.34. The lowest BCUT2D eigenvalue weighted by molar-refractivity contribution is -0.276. The van der Waals surface area contributed by atoms with Crippen LogP contribution in [-0.4, -0.2) is 16.5 Å². The molecule has 0 bridgehead atoms. The number of halogens is 5. The van der Waals surface area contributed by atoms with Crippen molar-refractivity contribution in [1.29, 1.82) is 0 Å². The van der Waals surface area contributed by atoms with Gasteiger partial charge in [0.2, 0.25) is 5.88 Å². The van der Waals surface area contributed by atoms with Crippen LogP contribution in [0.15, 0.2) is 6.07 Å². The van der Waals surface area contributed by atoms with Gasteiger partial charge in [-0.25, -0.2) is 4.98 Å². The van der Waals surface area contributed by atoms with Gasteiger partial charge >= 0.3 is 6.36 Å². The Kier molecular flexibility index (Phi) is 4.80. The number of pyridine rings is 1. The molecule has 0 radical (unpaired) electrons. The summed E-state index contributed by atoms with van der Waals surface area (Å²) in [6.45, 7) is -0.438. The van der Waals surface area contributed by atoms with E-state index in [1.807, 2.05) is 0 Å². The Bertz CT molecular complexity index is 386. The molecule has 1 heterocycles. The SMILES string of the molecule is OCc1nc(OC(F)(F)F)c(I)cc1CBr. The molecule has 1 rings (SSSR count). The number of aliphatic hydroxyl groups is 1. The van der Waals surface area contributed by atoms with E-state index in [4.69, 9.17) is 5.11 Å². The summed E-state index contributed by atoms with van der Waals surface area (Å²) < 4.78 is 40.0. The van der Waals surface area contributed by atoms with Crippen LogP contribution in [0.4, 0.5) is 13.2 Å². The normalized spacial score (nSPS) is 11.6. The van der Waals surface area contributed by atoms with Gasteiger partial charge in [0.05, 0.1) is 15.9 Å². The van der Waals surface area contributed by atoms with Gasteiger partial charge in [0.1, 0.15) is 0 Å². The van der Waals surface area contributed by atoms with E-state index >= 15 is 0 Å². The molecule has 0 amide bonds. The summed E-state index contributed by atoms with van der Waals surface area (Å²) in [4.78, 5) is 3.62. The van der Waals surface area contributed by atoms with Crippen LogP contribution in [0, 0.1) is 3.57 Å². The maximum Gasteiger partial charge on any atom is 0.574 e. The Balaban J connectivity index is 3.11. The van der Waals surface area contributed by atoms with Crippen LogP contribution in [0.3, 0.4) is 0 Å². The molecular weight excluding hydrogens is 406 g/mol. The number of ether oxygens (including phenoxy) is 1. The molecule has 16 heavy (non-hydrogen) atoms. The van der Waals surface area contributed by atoms with E-state index in [-0.39, 0.29) is 9.26 Å². The highest BCUT2D eigenvalue weighted by atomic mass is 127. The molecule has 0 aromatic carbocycles. The van der Waals surface area contributed by atoms with Gasteiger partial charge in [0, 0.05) is 5.33 Å². The second kappa shape index (κ2) is 5.50. The van der Waals surface area contributed by atoms with Crippen molar-refractivity contribution in [2.45, 2.75) is 18.3 Å². The first-order chi connectivity index (χ1) is 7.37. The molecular formula is C8H6BrF3INO2. The fraction of sp³-hybridized carbons (Fsp3) is 0.375. The fourth-order valence-corrected chi connectivity index (χ4v) is 2.07. The summed E-state index contributed by atoms with van der Waals surface area (Å²) in [7, 11) is 0. The molecule has 0 unspecified atom stereocenters. The average Bonchev–Trinajstić information content (AvgIpc) is 2.18. The molecule has 0 aliphatic heterocycles. The zero-order valence-electron chi connectivity index (χ0n) is 7.68. The third-order valence-corrected chi connectivity index (χ3v) is 3.00. The second-order valence-electron chi connectivity index (χ2n) is 2.72. The Morgan fingerprint density at radius 2 is 2.12 bits per heavy atom. The second-order valence-corrected chi connectivity index (χ2v) is 4.44. The number of hydrogen-bond donors (Lipinski definition) is 1. The number of aliphatic hydroxyl groups excluding tert-OH is 1. The van der Waals surface area contributed by atoms with Gasteiger partial charge in [-0.2, -0.15) is 0 Å². The average molecular weight is 412 g/mol. The largest absolute Gasteiger partial charge is 0.574 e. The standard InChI is InChI=1S/C8H6BrF3INO2/c9-2-4-1-5(13)7(14-6(4)3-15)16-8(10,11)12/h1,15H,2-3H2. The highest BCUT2D eigenvalue weighted by Gasteiger charge is 2.33. The minimum Gasteiger partial charge on any atom is -0.390 e. The Labute approximate surface area is 111 Å². The lowest BCUT2D eigenvalue weighted by Crippen LogP contribution is -2.19. The Hall–Kier alpha value is -0.0900. The summed E-state index contributed by atoms with van der Waals surface area (Å²) in [6, 6.07) is 1.48. The van der Waals surface area contributed by atoms with Crippen molar-refractivity contribution in [2.75, 3.05) is 0 Å². The minimum absolute atomic E-state index is 0.163. The van der Waals surface area contributed by atoms with Crippen LogP contribution in [-0.2, 0) is 11.9 Å². The van der Waals surface area contributed by atoms with Crippen molar-refractivity contribution in [1.82, 2.24) is 4.98 Å². The molecule has 0 fully saturated rings. The van der Waals surface area contributed by atoms with Crippen molar-refractivity contribution in [3.63, 3.8) is 0 Å². The maximum absolute atomic E-state index is 12.0. The maximum atomic E-state index is 12.0. The number of aromatic nitrogens is 1. The molecule has 1 aromatic heterocycles. The summed E-state index contributed by atoms with van der Waals surface area (Å²) >= 11 is 4.84. The quantitative estimate of drug-likeness (QED) is 0.614. The van der Waals surface area contributed by atoms with Crippen LogP contribution in [0.25, 0.3) is 0 Å². The fourth-order valence-electron chi connectivity index (χ4n) is 0.980. The van der Waals surface area contributed by atoms with Gasteiger partial charge in [-0.3, -0.25) is 0 Å². The summed E-state index contributed by atoms with van der Waals surface area (Å²) in [5.74, 6) is -0.540. The molecule has 0 aliphatic carbocycles. The number of alkyl halides is 4. The van der Waals surface area contributed by atoms with Crippen molar-refractivity contribution < 1.29 is 23.0 Å². The smallest absolute Gasteiger partial charge is 0.390 e. The third kappa shape index (κ3) is 3.74. The van der Waals surface area contributed by atoms with E-state index in [1.165, 1.54) is 6.07 Å². The number of nitrogens with zero attached hydrogens (tertiary/aromatic N) is 1. The topological polar surface area (TPSA) is 42.4 Å². The Morgan fingerprint density at radius 1 is 1.50 bits per heavy atom. The molecule has 3 nitrogen and oxygen atoms in total. The van der Waals surface area contributed by atoms with Gasteiger partial charge in [0.25, 0.3) is 0 Å². The van der Waals surface area contributed by atoms with E-state index < -0.39 is 18.8 Å². The lowest BCUT2D eigenvalue weighted by atomic mass is 10.2. The first-order valence-electron chi connectivity index (χ1n) is 3.98. The van der Waals surface area contributed by atoms with Crippen molar-refractivity contribution >= 4 is 38.5 Å². The minimum atomic E-state index is -4.78. The molecule has 8 heteroatoms. The van der Waals surface area contributed by atoms with Crippen LogP contribution in [0.1, 0.15) is 11.3 Å². The first-order valence-corrected chi connectivity index (χ1v) is 6.18. The van der Waals surface area contributed by atoms with E-state index in [2.05, 4.69) is 25.7 Å². The van der Waals surface area contributed by atoms with E-state index in [1.54, 1.807) is 22.6 Å². The van der Waals surface area contributed by atoms with Gasteiger partial charge in [-0.05, 0) is 34.2 Å².